The van der Waals surface area contributed by atoms with Crippen LogP contribution in [-0.4, -0.2) is 40.2 Å². The SMILES string of the molecule is Cc1cccc(Nc2nc(N3CC(C)OC(C)C3)nc(N)c2[N+](=O)[O-])c1. The summed E-state index contributed by atoms with van der Waals surface area (Å²) in [5.41, 5.74) is 7.28. The Hall–Kier alpha value is -2.94. The number of hydrogen-bond acceptors (Lipinski definition) is 8. The number of nitrogens with two attached hydrogens (primary N) is 1. The molecule has 3 rings (SSSR count). The number of nitrogens with zero attached hydrogens (tertiary/aromatic N) is 4. The molecule has 2 atom stereocenters. The number of rotatable bonds is 4. The molecule has 26 heavy (non-hydrogen) atoms. The van der Waals surface area contributed by atoms with E-state index in [1.165, 1.54) is 0 Å². The average Bonchev–Trinajstić information content (AvgIpc) is 2.53. The molecule has 0 aliphatic carbocycles. The molecule has 2 aromatic rings. The molecule has 0 radical (unpaired) electrons. The number of anilines is 4. The molecule has 9 nitrogen and oxygen atoms in total. The Balaban J connectivity index is 2.00. The summed E-state index contributed by atoms with van der Waals surface area (Å²) in [4.78, 5) is 21.4. The van der Waals surface area contributed by atoms with Crippen LogP contribution in [0.2, 0.25) is 0 Å². The Morgan fingerprint density at radius 2 is 2.00 bits per heavy atom. The first kappa shape index (κ1) is 17.9. The molecule has 1 saturated heterocycles. The smallest absolute Gasteiger partial charge is 0.353 e. The fourth-order valence-corrected chi connectivity index (χ4v) is 3.07. The van der Waals surface area contributed by atoms with E-state index >= 15 is 0 Å². The first-order valence-corrected chi connectivity index (χ1v) is 8.39. The number of hydrogen-bond donors (Lipinski definition) is 2. The van der Waals surface area contributed by atoms with Gasteiger partial charge in [-0.15, -0.1) is 0 Å². The van der Waals surface area contributed by atoms with Gasteiger partial charge in [-0.1, -0.05) is 12.1 Å². The summed E-state index contributed by atoms with van der Waals surface area (Å²) in [5.74, 6) is 0.266. The van der Waals surface area contributed by atoms with Crippen LogP contribution in [0.3, 0.4) is 0 Å². The zero-order chi connectivity index (χ0) is 18.8. The second-order valence-electron chi connectivity index (χ2n) is 6.52. The van der Waals surface area contributed by atoms with Crippen LogP contribution in [0.1, 0.15) is 19.4 Å². The molecule has 3 N–H and O–H groups in total. The van der Waals surface area contributed by atoms with E-state index in [2.05, 4.69) is 15.3 Å². The highest BCUT2D eigenvalue weighted by Crippen LogP contribution is 2.33. The first-order valence-electron chi connectivity index (χ1n) is 8.39. The van der Waals surface area contributed by atoms with Crippen molar-refractivity contribution in [1.82, 2.24) is 9.97 Å². The third-order valence-corrected chi connectivity index (χ3v) is 4.07. The van der Waals surface area contributed by atoms with Crippen LogP contribution >= 0.6 is 0 Å². The Bertz CT molecular complexity index is 818. The number of nitrogen functional groups attached to an aromatic ring is 1. The number of nitro groups is 1. The normalized spacial score (nSPS) is 20.0. The monoisotopic (exact) mass is 358 g/mol. The lowest BCUT2D eigenvalue weighted by Gasteiger charge is -2.35. The van der Waals surface area contributed by atoms with Crippen molar-refractivity contribution in [2.24, 2.45) is 0 Å². The molecule has 9 heteroatoms. The maximum Gasteiger partial charge on any atom is 0.353 e. The zero-order valence-corrected chi connectivity index (χ0v) is 15.0. The molecule has 1 aliphatic rings. The molecule has 2 unspecified atom stereocenters. The molecule has 2 heterocycles. The molecule has 0 spiro atoms. The molecule has 0 bridgehead atoms. The van der Waals surface area contributed by atoms with Crippen molar-refractivity contribution < 1.29 is 9.66 Å². The van der Waals surface area contributed by atoms with Gasteiger partial charge < -0.3 is 20.7 Å². The highest BCUT2D eigenvalue weighted by Gasteiger charge is 2.29. The van der Waals surface area contributed by atoms with Crippen molar-refractivity contribution in [2.45, 2.75) is 33.0 Å². The van der Waals surface area contributed by atoms with Crippen LogP contribution in [-0.2, 0) is 4.74 Å². The molecule has 1 aromatic carbocycles. The van der Waals surface area contributed by atoms with Crippen LogP contribution in [0.4, 0.5) is 29.0 Å². The van der Waals surface area contributed by atoms with Crippen LogP contribution < -0.4 is 16.0 Å². The molecular weight excluding hydrogens is 336 g/mol. The number of ether oxygens (including phenoxy) is 1. The largest absolute Gasteiger partial charge is 0.378 e. The fourth-order valence-electron chi connectivity index (χ4n) is 3.07. The Labute approximate surface area is 151 Å². The standard InChI is InChI=1S/C17H22N6O3/c1-10-5-4-6-13(7-10)19-16-14(23(24)25)15(18)20-17(21-16)22-8-11(2)26-12(3)9-22/h4-7,11-12H,8-9H2,1-3H3,(H3,18,19,20,21). The van der Waals surface area contributed by atoms with Gasteiger partial charge in [0.15, 0.2) is 0 Å². The van der Waals surface area contributed by atoms with Gasteiger partial charge in [-0.3, -0.25) is 10.1 Å². The summed E-state index contributed by atoms with van der Waals surface area (Å²) in [5, 5.41) is 14.5. The van der Waals surface area contributed by atoms with Crippen molar-refractivity contribution >= 4 is 29.0 Å². The zero-order valence-electron chi connectivity index (χ0n) is 15.0. The van der Waals surface area contributed by atoms with E-state index in [1.54, 1.807) is 0 Å². The number of aryl methyl sites for hydroxylation is 1. The van der Waals surface area contributed by atoms with Gasteiger partial charge in [-0.25, -0.2) is 0 Å². The minimum absolute atomic E-state index is 0.00643. The van der Waals surface area contributed by atoms with Crippen LogP contribution in [0.5, 0.6) is 0 Å². The molecule has 1 aliphatic heterocycles. The maximum atomic E-state index is 11.5. The van der Waals surface area contributed by atoms with Crippen molar-refractivity contribution in [3.63, 3.8) is 0 Å². The second-order valence-corrected chi connectivity index (χ2v) is 6.52. The van der Waals surface area contributed by atoms with Crippen molar-refractivity contribution in [2.75, 3.05) is 29.0 Å². The highest BCUT2D eigenvalue weighted by molar-refractivity contribution is 5.74. The van der Waals surface area contributed by atoms with Gasteiger partial charge >= 0.3 is 5.69 Å². The van der Waals surface area contributed by atoms with E-state index < -0.39 is 4.92 Å². The Morgan fingerprint density at radius 3 is 2.62 bits per heavy atom. The van der Waals surface area contributed by atoms with E-state index in [9.17, 15) is 10.1 Å². The summed E-state index contributed by atoms with van der Waals surface area (Å²) >= 11 is 0. The van der Waals surface area contributed by atoms with Crippen molar-refractivity contribution in [3.8, 4) is 0 Å². The van der Waals surface area contributed by atoms with Gasteiger partial charge in [0.25, 0.3) is 0 Å². The van der Waals surface area contributed by atoms with Gasteiger partial charge in [-0.2, -0.15) is 9.97 Å². The number of benzene rings is 1. The number of morpholine rings is 1. The summed E-state index contributed by atoms with van der Waals surface area (Å²) in [7, 11) is 0. The summed E-state index contributed by atoms with van der Waals surface area (Å²) in [6.45, 7) is 7.04. The lowest BCUT2D eigenvalue weighted by molar-refractivity contribution is -0.383. The van der Waals surface area contributed by atoms with Crippen LogP contribution in [0, 0.1) is 17.0 Å². The van der Waals surface area contributed by atoms with Gasteiger partial charge in [0.2, 0.25) is 17.6 Å². The lowest BCUT2D eigenvalue weighted by Crippen LogP contribution is -2.46. The third-order valence-electron chi connectivity index (χ3n) is 4.07. The van der Waals surface area contributed by atoms with E-state index in [0.29, 0.717) is 24.7 Å². The second kappa shape index (κ2) is 7.12. The van der Waals surface area contributed by atoms with E-state index in [1.807, 2.05) is 49.9 Å². The van der Waals surface area contributed by atoms with Crippen LogP contribution in [0.25, 0.3) is 0 Å². The van der Waals surface area contributed by atoms with E-state index in [-0.39, 0.29) is 29.5 Å². The molecule has 1 aromatic heterocycles. The van der Waals surface area contributed by atoms with Crippen LogP contribution in [0.15, 0.2) is 24.3 Å². The first-order chi connectivity index (χ1) is 12.3. The maximum absolute atomic E-state index is 11.5. The van der Waals surface area contributed by atoms with Crippen molar-refractivity contribution in [1.29, 1.82) is 0 Å². The summed E-state index contributed by atoms with van der Waals surface area (Å²) in [6, 6.07) is 7.49. The number of aromatic nitrogens is 2. The molecular formula is C17H22N6O3. The summed E-state index contributed by atoms with van der Waals surface area (Å²) in [6.07, 6.45) is 0.0129. The topological polar surface area (TPSA) is 119 Å². The Morgan fingerprint density at radius 1 is 1.31 bits per heavy atom. The molecule has 0 amide bonds. The predicted molar refractivity (Wildman–Crippen MR) is 99.8 cm³/mol. The predicted octanol–water partition coefficient (Wildman–Crippen LogP) is 2.63. The van der Waals surface area contributed by atoms with Gasteiger partial charge in [-0.05, 0) is 38.5 Å². The molecule has 0 saturated carbocycles. The number of nitrogens with one attached hydrogen (secondary N) is 1. The van der Waals surface area contributed by atoms with E-state index in [0.717, 1.165) is 5.56 Å². The average molecular weight is 358 g/mol. The minimum Gasteiger partial charge on any atom is -0.378 e. The fraction of sp³-hybridized carbons (Fsp3) is 0.412. The summed E-state index contributed by atoms with van der Waals surface area (Å²) < 4.78 is 5.72. The Kier molecular flexibility index (Phi) is 4.90. The van der Waals surface area contributed by atoms with Gasteiger partial charge in [0.1, 0.15) is 0 Å². The van der Waals surface area contributed by atoms with Gasteiger partial charge in [0.05, 0.1) is 17.1 Å². The highest BCUT2D eigenvalue weighted by atomic mass is 16.6. The quantitative estimate of drug-likeness (QED) is 0.632. The molecule has 138 valence electrons. The minimum atomic E-state index is -0.568. The lowest BCUT2D eigenvalue weighted by atomic mass is 10.2. The molecule has 1 fully saturated rings. The third kappa shape index (κ3) is 3.83. The van der Waals surface area contributed by atoms with Crippen molar-refractivity contribution in [3.05, 3.63) is 39.9 Å². The van der Waals surface area contributed by atoms with Gasteiger partial charge in [0, 0.05) is 18.8 Å². The van der Waals surface area contributed by atoms with E-state index in [4.69, 9.17) is 10.5 Å².